The van der Waals surface area contributed by atoms with Gasteiger partial charge in [-0.3, -0.25) is 0 Å². The SMILES string of the molecule is C/C=C\Oc1ccc(-c2ccc(-c3ccc(C4CCC(C)CO4)c(F)c3)cc2)c(F)c1F. The van der Waals surface area contributed by atoms with E-state index >= 15 is 0 Å². The van der Waals surface area contributed by atoms with Gasteiger partial charge in [0.15, 0.2) is 11.6 Å². The summed E-state index contributed by atoms with van der Waals surface area (Å²) in [7, 11) is 0. The molecular formula is C27H25F3O2. The molecule has 2 unspecified atom stereocenters. The van der Waals surface area contributed by atoms with Crippen LogP contribution in [-0.4, -0.2) is 6.61 Å². The van der Waals surface area contributed by atoms with Crippen molar-refractivity contribution in [3.05, 3.63) is 90.0 Å². The van der Waals surface area contributed by atoms with Crippen molar-refractivity contribution in [2.45, 2.75) is 32.8 Å². The van der Waals surface area contributed by atoms with Gasteiger partial charge in [-0.2, -0.15) is 4.39 Å². The van der Waals surface area contributed by atoms with Gasteiger partial charge < -0.3 is 9.47 Å². The molecule has 1 aliphatic heterocycles. The van der Waals surface area contributed by atoms with Crippen LogP contribution in [0.4, 0.5) is 13.2 Å². The summed E-state index contributed by atoms with van der Waals surface area (Å²) < 4.78 is 54.5. The minimum Gasteiger partial charge on any atom is -0.462 e. The Kier molecular flexibility index (Phi) is 6.66. The van der Waals surface area contributed by atoms with E-state index in [0.717, 1.165) is 18.4 Å². The number of benzene rings is 3. The summed E-state index contributed by atoms with van der Waals surface area (Å²) in [5.74, 6) is -1.98. The molecule has 1 heterocycles. The van der Waals surface area contributed by atoms with Gasteiger partial charge in [0.05, 0.1) is 12.4 Å². The van der Waals surface area contributed by atoms with E-state index in [2.05, 4.69) is 6.92 Å². The van der Waals surface area contributed by atoms with Gasteiger partial charge >= 0.3 is 0 Å². The number of halogens is 3. The van der Waals surface area contributed by atoms with E-state index in [9.17, 15) is 13.2 Å². The lowest BCUT2D eigenvalue weighted by Crippen LogP contribution is -2.19. The summed E-state index contributed by atoms with van der Waals surface area (Å²) in [6.45, 7) is 4.49. The van der Waals surface area contributed by atoms with Gasteiger partial charge in [-0.05, 0) is 60.6 Å². The van der Waals surface area contributed by atoms with E-state index in [1.54, 1.807) is 43.3 Å². The lowest BCUT2D eigenvalue weighted by atomic mass is 9.94. The largest absolute Gasteiger partial charge is 0.462 e. The number of ether oxygens (including phenoxy) is 2. The van der Waals surface area contributed by atoms with Crippen molar-refractivity contribution < 1.29 is 22.6 Å². The van der Waals surface area contributed by atoms with Gasteiger partial charge in [0.25, 0.3) is 0 Å². The maximum atomic E-state index is 14.8. The third-order valence-electron chi connectivity index (χ3n) is 5.76. The van der Waals surface area contributed by atoms with Crippen LogP contribution in [0.5, 0.6) is 5.75 Å². The van der Waals surface area contributed by atoms with Crippen molar-refractivity contribution >= 4 is 0 Å². The highest BCUT2D eigenvalue weighted by atomic mass is 19.2. The number of hydrogen-bond acceptors (Lipinski definition) is 2. The fourth-order valence-electron chi connectivity index (χ4n) is 3.93. The fourth-order valence-corrected chi connectivity index (χ4v) is 3.93. The van der Waals surface area contributed by atoms with Crippen LogP contribution in [0.3, 0.4) is 0 Å². The maximum Gasteiger partial charge on any atom is 0.201 e. The molecule has 0 spiro atoms. The first kappa shape index (κ1) is 22.2. The molecule has 4 rings (SSSR count). The second-order valence-corrected chi connectivity index (χ2v) is 8.14. The van der Waals surface area contributed by atoms with Crippen LogP contribution >= 0.6 is 0 Å². The van der Waals surface area contributed by atoms with Crippen LogP contribution in [0, 0.1) is 23.4 Å². The highest BCUT2D eigenvalue weighted by Gasteiger charge is 2.23. The van der Waals surface area contributed by atoms with Crippen molar-refractivity contribution in [3.8, 4) is 28.0 Å². The van der Waals surface area contributed by atoms with E-state index < -0.39 is 11.6 Å². The zero-order chi connectivity index (χ0) is 22.7. The molecule has 0 amide bonds. The molecule has 3 aromatic carbocycles. The normalized spacial score (nSPS) is 18.8. The highest BCUT2D eigenvalue weighted by molar-refractivity contribution is 5.71. The molecular weight excluding hydrogens is 413 g/mol. The molecule has 2 nitrogen and oxygen atoms in total. The Balaban J connectivity index is 1.55. The second-order valence-electron chi connectivity index (χ2n) is 8.14. The fraction of sp³-hybridized carbons (Fsp3) is 0.259. The Labute approximate surface area is 186 Å². The zero-order valence-corrected chi connectivity index (χ0v) is 18.1. The number of hydrogen-bond donors (Lipinski definition) is 0. The molecule has 0 bridgehead atoms. The van der Waals surface area contributed by atoms with Crippen LogP contribution in [0.25, 0.3) is 22.3 Å². The van der Waals surface area contributed by atoms with Crippen LogP contribution in [0.15, 0.2) is 66.9 Å². The Morgan fingerprint density at radius 3 is 2.25 bits per heavy atom. The molecule has 1 fully saturated rings. The van der Waals surface area contributed by atoms with Gasteiger partial charge in [-0.25, -0.2) is 8.78 Å². The van der Waals surface area contributed by atoms with Gasteiger partial charge in [0.1, 0.15) is 5.82 Å². The molecule has 2 atom stereocenters. The summed E-state index contributed by atoms with van der Waals surface area (Å²) in [6.07, 6.45) is 4.50. The molecule has 0 aliphatic carbocycles. The minimum atomic E-state index is -1.04. The topological polar surface area (TPSA) is 18.5 Å². The smallest absolute Gasteiger partial charge is 0.201 e. The molecule has 166 valence electrons. The zero-order valence-electron chi connectivity index (χ0n) is 18.1. The summed E-state index contributed by atoms with van der Waals surface area (Å²) in [5, 5.41) is 0. The second kappa shape index (κ2) is 9.61. The van der Waals surface area contributed by atoms with Crippen LogP contribution < -0.4 is 4.74 Å². The van der Waals surface area contributed by atoms with Crippen molar-refractivity contribution in [2.24, 2.45) is 5.92 Å². The summed E-state index contributed by atoms with van der Waals surface area (Å²) in [5.41, 5.74) is 2.72. The molecule has 0 aromatic heterocycles. The lowest BCUT2D eigenvalue weighted by Gasteiger charge is -2.27. The van der Waals surface area contributed by atoms with E-state index in [1.807, 2.05) is 6.07 Å². The first-order valence-corrected chi connectivity index (χ1v) is 10.8. The standard InChI is InChI=1S/C27H25F3O2/c1-3-14-31-25-13-11-21(26(29)27(25)30)19-7-5-18(6-8-19)20-9-10-22(23(28)15-20)24-12-4-17(2)16-32-24/h3,5-11,13-15,17,24H,4,12,16H2,1-2H3/b14-3-. The predicted octanol–water partition coefficient (Wildman–Crippen LogP) is 7.84. The van der Waals surface area contributed by atoms with E-state index in [4.69, 9.17) is 9.47 Å². The molecule has 32 heavy (non-hydrogen) atoms. The molecule has 1 aliphatic rings. The first-order valence-electron chi connectivity index (χ1n) is 10.8. The van der Waals surface area contributed by atoms with E-state index in [0.29, 0.717) is 29.2 Å². The minimum absolute atomic E-state index is 0.132. The first-order chi connectivity index (χ1) is 15.5. The third-order valence-corrected chi connectivity index (χ3v) is 5.76. The Hall–Kier alpha value is -3.05. The molecule has 0 N–H and O–H groups in total. The average Bonchev–Trinajstić information content (AvgIpc) is 2.81. The van der Waals surface area contributed by atoms with Crippen LogP contribution in [-0.2, 0) is 4.74 Å². The van der Waals surface area contributed by atoms with Gasteiger partial charge in [-0.15, -0.1) is 0 Å². The van der Waals surface area contributed by atoms with Crippen LogP contribution in [0.1, 0.15) is 38.4 Å². The van der Waals surface area contributed by atoms with Gasteiger partial charge in [0, 0.05) is 17.7 Å². The van der Waals surface area contributed by atoms with E-state index in [1.165, 1.54) is 24.5 Å². The summed E-state index contributed by atoms with van der Waals surface area (Å²) in [4.78, 5) is 0. The average molecular weight is 438 g/mol. The Morgan fingerprint density at radius 2 is 1.59 bits per heavy atom. The van der Waals surface area contributed by atoms with Crippen molar-refractivity contribution in [2.75, 3.05) is 6.61 Å². The lowest BCUT2D eigenvalue weighted by molar-refractivity contribution is -0.0141. The monoisotopic (exact) mass is 438 g/mol. The van der Waals surface area contributed by atoms with Gasteiger partial charge in [-0.1, -0.05) is 49.4 Å². The Morgan fingerprint density at radius 1 is 0.875 bits per heavy atom. The Bertz CT molecular complexity index is 1110. The third kappa shape index (κ3) is 4.58. The molecule has 5 heteroatoms. The molecule has 1 saturated heterocycles. The summed E-state index contributed by atoms with van der Waals surface area (Å²) in [6, 6.07) is 14.9. The quantitative estimate of drug-likeness (QED) is 0.378. The molecule has 0 saturated carbocycles. The number of allylic oxidation sites excluding steroid dienone is 1. The van der Waals surface area contributed by atoms with Gasteiger partial charge in [0.2, 0.25) is 5.82 Å². The van der Waals surface area contributed by atoms with Crippen LogP contribution in [0.2, 0.25) is 0 Å². The summed E-state index contributed by atoms with van der Waals surface area (Å²) >= 11 is 0. The van der Waals surface area contributed by atoms with Crippen molar-refractivity contribution in [3.63, 3.8) is 0 Å². The highest BCUT2D eigenvalue weighted by Crippen LogP contribution is 2.35. The maximum absolute atomic E-state index is 14.8. The molecule has 3 aromatic rings. The predicted molar refractivity (Wildman–Crippen MR) is 120 cm³/mol. The molecule has 0 radical (unpaired) electrons. The van der Waals surface area contributed by atoms with Crippen molar-refractivity contribution in [1.29, 1.82) is 0 Å². The van der Waals surface area contributed by atoms with E-state index in [-0.39, 0.29) is 23.2 Å². The number of rotatable bonds is 5. The van der Waals surface area contributed by atoms with Crippen molar-refractivity contribution in [1.82, 2.24) is 0 Å².